The van der Waals surface area contributed by atoms with E-state index >= 15 is 0 Å². The average molecular weight is 458 g/mol. The number of hydrogen-bond donors (Lipinski definition) is 2. The van der Waals surface area contributed by atoms with Crippen LogP contribution in [0, 0.1) is 10.8 Å². The summed E-state index contributed by atoms with van der Waals surface area (Å²) in [4.78, 5) is 39.7. The predicted octanol–water partition coefficient (Wildman–Crippen LogP) is 4.13. The molecule has 0 radical (unpaired) electrons. The van der Waals surface area contributed by atoms with Gasteiger partial charge >= 0.3 is 6.09 Å². The van der Waals surface area contributed by atoms with Crippen LogP contribution in [0.25, 0.3) is 0 Å². The van der Waals surface area contributed by atoms with Crippen molar-refractivity contribution in [3.8, 4) is 0 Å². The van der Waals surface area contributed by atoms with Gasteiger partial charge in [0.1, 0.15) is 6.61 Å². The summed E-state index contributed by atoms with van der Waals surface area (Å²) in [5.74, 6) is -0.299. The van der Waals surface area contributed by atoms with Crippen LogP contribution < -0.4 is 10.6 Å². The van der Waals surface area contributed by atoms with Crippen LogP contribution in [0.3, 0.4) is 0 Å². The van der Waals surface area contributed by atoms with Crippen molar-refractivity contribution in [1.82, 2.24) is 15.5 Å². The van der Waals surface area contributed by atoms with E-state index in [0.29, 0.717) is 17.5 Å². The summed E-state index contributed by atoms with van der Waals surface area (Å²) in [5.41, 5.74) is 0.293. The molecule has 3 rings (SSSR count). The standard InChI is InChI=1S/C26H39N3O4/c1-25(2,3)23(31)29(20-11-13-26(4,5)14-12-20)21-15-19(27-16-21)17-33-24(32)28-22(30)18-9-7-6-8-10-18/h6-10,19-21,27H,11-17H2,1-5H3,(H,28,30,32)/t19-,21-/m0/s1. The molecule has 0 spiro atoms. The SMILES string of the molecule is CC1(C)CCC(N(C(=O)C(C)(C)C)[C@@H]2CN[C@H](COC(=O)NC(=O)c3ccccc3)C2)CC1. The van der Waals surface area contributed by atoms with E-state index in [1.165, 1.54) is 0 Å². The number of hydrogen-bond acceptors (Lipinski definition) is 5. The lowest BCUT2D eigenvalue weighted by atomic mass is 9.74. The van der Waals surface area contributed by atoms with E-state index in [1.807, 2.05) is 20.8 Å². The average Bonchev–Trinajstić information content (AvgIpc) is 3.22. The first-order valence-corrected chi connectivity index (χ1v) is 12.1. The molecule has 0 aromatic heterocycles. The van der Waals surface area contributed by atoms with E-state index in [9.17, 15) is 14.4 Å². The quantitative estimate of drug-likeness (QED) is 0.694. The highest BCUT2D eigenvalue weighted by Gasteiger charge is 2.42. The Labute approximate surface area is 197 Å². The zero-order valence-corrected chi connectivity index (χ0v) is 20.6. The van der Waals surface area contributed by atoms with E-state index in [1.54, 1.807) is 30.3 Å². The molecule has 1 aromatic carbocycles. The Hall–Kier alpha value is -2.41. The van der Waals surface area contributed by atoms with Crippen LogP contribution in [-0.4, -0.2) is 54.1 Å². The molecular weight excluding hydrogens is 418 g/mol. The fourth-order valence-corrected chi connectivity index (χ4v) is 4.78. The topological polar surface area (TPSA) is 87.7 Å². The third kappa shape index (κ3) is 6.79. The maximum atomic E-state index is 13.4. The van der Waals surface area contributed by atoms with Gasteiger partial charge in [0, 0.05) is 35.6 Å². The Morgan fingerprint density at radius 2 is 1.73 bits per heavy atom. The molecule has 7 heteroatoms. The molecule has 33 heavy (non-hydrogen) atoms. The zero-order chi connectivity index (χ0) is 24.2. The Kier molecular flexibility index (Phi) is 7.83. The van der Waals surface area contributed by atoms with Gasteiger partial charge in [0.15, 0.2) is 0 Å². The number of carbonyl (C=O) groups is 3. The van der Waals surface area contributed by atoms with Gasteiger partial charge in [-0.2, -0.15) is 0 Å². The summed E-state index contributed by atoms with van der Waals surface area (Å²) in [6, 6.07) is 8.83. The van der Waals surface area contributed by atoms with E-state index in [0.717, 1.165) is 32.1 Å². The minimum absolute atomic E-state index is 0.0529. The molecule has 2 N–H and O–H groups in total. The van der Waals surface area contributed by atoms with E-state index in [2.05, 4.69) is 29.4 Å². The Morgan fingerprint density at radius 1 is 1.09 bits per heavy atom. The number of amides is 3. The molecule has 2 atom stereocenters. The largest absolute Gasteiger partial charge is 0.448 e. The van der Waals surface area contributed by atoms with Gasteiger partial charge in [0.2, 0.25) is 5.91 Å². The van der Waals surface area contributed by atoms with Gasteiger partial charge in [-0.15, -0.1) is 0 Å². The minimum Gasteiger partial charge on any atom is -0.448 e. The number of alkyl carbamates (subject to hydrolysis) is 1. The van der Waals surface area contributed by atoms with Gasteiger partial charge in [0.25, 0.3) is 5.91 Å². The molecule has 1 saturated heterocycles. The van der Waals surface area contributed by atoms with E-state index in [4.69, 9.17) is 4.74 Å². The highest BCUT2D eigenvalue weighted by atomic mass is 16.5. The van der Waals surface area contributed by atoms with Crippen LogP contribution in [0.2, 0.25) is 0 Å². The maximum Gasteiger partial charge on any atom is 0.414 e. The van der Waals surface area contributed by atoms with Crippen LogP contribution in [0.15, 0.2) is 30.3 Å². The van der Waals surface area contributed by atoms with E-state index < -0.39 is 17.4 Å². The van der Waals surface area contributed by atoms with Crippen LogP contribution in [-0.2, 0) is 9.53 Å². The number of rotatable bonds is 5. The summed E-state index contributed by atoms with van der Waals surface area (Å²) in [6.07, 6.45) is 4.25. The van der Waals surface area contributed by atoms with Crippen LogP contribution in [0.1, 0.15) is 77.1 Å². The molecule has 1 aliphatic heterocycles. The van der Waals surface area contributed by atoms with Gasteiger partial charge in [0.05, 0.1) is 0 Å². The summed E-state index contributed by atoms with van der Waals surface area (Å²) in [6.45, 7) is 11.4. The second-order valence-corrected chi connectivity index (χ2v) is 11.3. The van der Waals surface area contributed by atoms with Crippen molar-refractivity contribution in [3.63, 3.8) is 0 Å². The van der Waals surface area contributed by atoms with Gasteiger partial charge in [-0.1, -0.05) is 52.8 Å². The summed E-state index contributed by atoms with van der Waals surface area (Å²) in [7, 11) is 0. The molecular formula is C26H39N3O4. The molecule has 3 amide bonds. The predicted molar refractivity (Wildman–Crippen MR) is 128 cm³/mol. The molecule has 1 saturated carbocycles. The van der Waals surface area contributed by atoms with E-state index in [-0.39, 0.29) is 30.6 Å². The van der Waals surface area contributed by atoms with Crippen molar-refractivity contribution in [2.24, 2.45) is 10.8 Å². The molecule has 2 fully saturated rings. The lowest BCUT2D eigenvalue weighted by molar-refractivity contribution is -0.146. The van der Waals surface area contributed by atoms with Crippen LogP contribution >= 0.6 is 0 Å². The Bertz CT molecular complexity index is 837. The smallest absolute Gasteiger partial charge is 0.414 e. The first-order valence-electron chi connectivity index (χ1n) is 12.1. The van der Waals surface area contributed by atoms with Gasteiger partial charge < -0.3 is 15.0 Å². The fourth-order valence-electron chi connectivity index (χ4n) is 4.78. The number of carbonyl (C=O) groups excluding carboxylic acids is 3. The van der Waals surface area contributed by atoms with Crippen LogP contribution in [0.5, 0.6) is 0 Å². The normalized spacial score (nSPS) is 23.1. The maximum absolute atomic E-state index is 13.4. The third-order valence-corrected chi connectivity index (χ3v) is 6.84. The second kappa shape index (κ2) is 10.2. The first kappa shape index (κ1) is 25.2. The summed E-state index contributed by atoms with van der Waals surface area (Å²) >= 11 is 0. The van der Waals surface area contributed by atoms with Crippen molar-refractivity contribution in [3.05, 3.63) is 35.9 Å². The van der Waals surface area contributed by atoms with Gasteiger partial charge in [-0.05, 0) is 49.7 Å². The first-order chi connectivity index (χ1) is 15.5. The number of benzene rings is 1. The molecule has 0 bridgehead atoms. The lowest BCUT2D eigenvalue weighted by Crippen LogP contribution is -2.53. The molecule has 7 nitrogen and oxygen atoms in total. The monoisotopic (exact) mass is 457 g/mol. The molecule has 1 heterocycles. The Morgan fingerprint density at radius 3 is 2.33 bits per heavy atom. The minimum atomic E-state index is -0.758. The van der Waals surface area contributed by atoms with Gasteiger partial charge in [-0.25, -0.2) is 4.79 Å². The number of nitrogens with zero attached hydrogens (tertiary/aromatic N) is 1. The highest BCUT2D eigenvalue weighted by molar-refractivity contribution is 6.02. The second-order valence-electron chi connectivity index (χ2n) is 11.3. The highest BCUT2D eigenvalue weighted by Crippen LogP contribution is 2.39. The van der Waals surface area contributed by atoms with Crippen molar-refractivity contribution in [1.29, 1.82) is 0 Å². The van der Waals surface area contributed by atoms with Crippen molar-refractivity contribution >= 4 is 17.9 Å². The van der Waals surface area contributed by atoms with Crippen LogP contribution in [0.4, 0.5) is 4.79 Å². The summed E-state index contributed by atoms with van der Waals surface area (Å²) in [5, 5.41) is 5.66. The Balaban J connectivity index is 1.55. The summed E-state index contributed by atoms with van der Waals surface area (Å²) < 4.78 is 5.31. The number of ether oxygens (including phenoxy) is 1. The third-order valence-electron chi connectivity index (χ3n) is 6.84. The molecule has 1 aromatic rings. The fraction of sp³-hybridized carbons (Fsp3) is 0.654. The number of nitrogens with one attached hydrogen (secondary N) is 2. The molecule has 182 valence electrons. The van der Waals surface area contributed by atoms with Gasteiger partial charge in [-0.3, -0.25) is 14.9 Å². The zero-order valence-electron chi connectivity index (χ0n) is 20.6. The molecule has 1 aliphatic carbocycles. The molecule has 2 aliphatic rings. The lowest BCUT2D eigenvalue weighted by Gasteiger charge is -2.45. The van der Waals surface area contributed by atoms with Crippen molar-refractivity contribution in [2.75, 3.05) is 13.2 Å². The number of imide groups is 1. The van der Waals surface area contributed by atoms with Crippen molar-refractivity contribution in [2.45, 2.75) is 84.8 Å². The van der Waals surface area contributed by atoms with Crippen molar-refractivity contribution < 1.29 is 19.1 Å². The molecule has 0 unspecified atom stereocenters.